The lowest BCUT2D eigenvalue weighted by atomic mass is 9.63. The van der Waals surface area contributed by atoms with Crippen molar-refractivity contribution >= 4 is 34.8 Å². The summed E-state index contributed by atoms with van der Waals surface area (Å²) >= 11 is 13.1. The van der Waals surface area contributed by atoms with Gasteiger partial charge in [-0.05, 0) is 47.4 Å². The summed E-state index contributed by atoms with van der Waals surface area (Å²) in [6, 6.07) is 13.2. The number of hydrogen-bond donors (Lipinski definition) is 0. The zero-order chi connectivity index (χ0) is 28.8. The van der Waals surface area contributed by atoms with Crippen molar-refractivity contribution in [3.05, 3.63) is 86.2 Å². The Hall–Kier alpha value is -2.60. The standard InChI is InChI=1S/C33H37Cl2NO4/c1-32(2)15-24-30(26(37)17-32)29(31-25(36(24)12-13-39-5)16-33(3,4)18-27(31)38)20-10-11-28(23(35)14-20)40-19-21-8-6-7-9-22(21)34/h6-11,14,29H,12-13,15-19H2,1-5H3. The predicted octanol–water partition coefficient (Wildman–Crippen LogP) is 7.90. The molecule has 0 radical (unpaired) electrons. The van der Waals surface area contributed by atoms with Crippen LogP contribution in [0, 0.1) is 10.8 Å². The molecule has 40 heavy (non-hydrogen) atoms. The fraction of sp³-hybridized carbons (Fsp3) is 0.455. The van der Waals surface area contributed by atoms with Crippen LogP contribution in [0.1, 0.15) is 70.4 Å². The Morgan fingerprint density at radius 2 is 1.45 bits per heavy atom. The highest BCUT2D eigenvalue weighted by atomic mass is 35.5. The van der Waals surface area contributed by atoms with E-state index in [9.17, 15) is 9.59 Å². The fourth-order valence-electron chi connectivity index (χ4n) is 6.42. The highest BCUT2D eigenvalue weighted by Crippen LogP contribution is 2.54. The Morgan fingerprint density at radius 3 is 2.00 bits per heavy atom. The van der Waals surface area contributed by atoms with Gasteiger partial charge >= 0.3 is 0 Å². The van der Waals surface area contributed by atoms with Crippen molar-refractivity contribution in [2.75, 3.05) is 20.3 Å². The average Bonchev–Trinajstić information content (AvgIpc) is 2.86. The number of methoxy groups -OCH3 is 1. The molecule has 212 valence electrons. The smallest absolute Gasteiger partial charge is 0.162 e. The molecule has 1 heterocycles. The van der Waals surface area contributed by atoms with Gasteiger partial charge in [-0.1, -0.05) is 75.2 Å². The SMILES string of the molecule is COCCN1C2=C(C(=O)CC(C)(C)C2)C(c2ccc(OCc3ccccc3Cl)c(Cl)c2)C2=C1CC(C)(C)CC2=O. The fourth-order valence-corrected chi connectivity index (χ4v) is 6.85. The lowest BCUT2D eigenvalue weighted by molar-refractivity contribution is -0.119. The molecule has 2 aromatic rings. The molecule has 0 bridgehead atoms. The lowest BCUT2D eigenvalue weighted by Crippen LogP contribution is -2.45. The molecule has 5 rings (SSSR count). The largest absolute Gasteiger partial charge is 0.487 e. The van der Waals surface area contributed by atoms with Gasteiger partial charge in [0.05, 0.1) is 11.6 Å². The minimum atomic E-state index is -0.453. The van der Waals surface area contributed by atoms with Crippen molar-refractivity contribution in [1.29, 1.82) is 0 Å². The number of allylic oxidation sites excluding steroid dienone is 4. The number of benzene rings is 2. The third-order valence-corrected chi connectivity index (χ3v) is 8.84. The quantitative estimate of drug-likeness (QED) is 0.332. The van der Waals surface area contributed by atoms with E-state index in [0.29, 0.717) is 41.8 Å². The molecule has 0 N–H and O–H groups in total. The first-order valence-corrected chi connectivity index (χ1v) is 14.6. The summed E-state index contributed by atoms with van der Waals surface area (Å²) < 4.78 is 11.5. The number of carbonyl (C=O) groups excluding carboxylic acids is 2. The summed E-state index contributed by atoms with van der Waals surface area (Å²) in [5, 5.41) is 1.06. The van der Waals surface area contributed by atoms with Crippen LogP contribution in [0.15, 0.2) is 65.0 Å². The normalized spacial score (nSPS) is 20.5. The molecule has 0 spiro atoms. The van der Waals surface area contributed by atoms with Gasteiger partial charge in [0.25, 0.3) is 0 Å². The van der Waals surface area contributed by atoms with Crippen LogP contribution in [0.3, 0.4) is 0 Å². The molecule has 0 saturated carbocycles. The second-order valence-corrected chi connectivity index (χ2v) is 13.6. The van der Waals surface area contributed by atoms with E-state index in [-0.39, 0.29) is 29.0 Å². The van der Waals surface area contributed by atoms with Crippen LogP contribution in [0.4, 0.5) is 0 Å². The minimum absolute atomic E-state index is 0.0954. The number of halogens is 2. The van der Waals surface area contributed by atoms with E-state index in [1.807, 2.05) is 42.5 Å². The summed E-state index contributed by atoms with van der Waals surface area (Å²) in [5.74, 6) is 0.264. The molecule has 0 atom stereocenters. The Morgan fingerprint density at radius 1 is 0.850 bits per heavy atom. The van der Waals surface area contributed by atoms with E-state index in [1.54, 1.807) is 7.11 Å². The number of carbonyl (C=O) groups is 2. The highest BCUT2D eigenvalue weighted by molar-refractivity contribution is 6.32. The first-order valence-electron chi connectivity index (χ1n) is 13.9. The van der Waals surface area contributed by atoms with Crippen molar-refractivity contribution < 1.29 is 19.1 Å². The molecule has 0 unspecified atom stereocenters. The summed E-state index contributed by atoms with van der Waals surface area (Å²) in [7, 11) is 1.68. The summed E-state index contributed by atoms with van der Waals surface area (Å²) in [4.78, 5) is 30.0. The van der Waals surface area contributed by atoms with Gasteiger partial charge in [-0.3, -0.25) is 9.59 Å². The molecular weight excluding hydrogens is 545 g/mol. The number of ether oxygens (including phenoxy) is 2. The van der Waals surface area contributed by atoms with Crippen LogP contribution in [-0.4, -0.2) is 36.7 Å². The predicted molar refractivity (Wildman–Crippen MR) is 159 cm³/mol. The van der Waals surface area contributed by atoms with Gasteiger partial charge in [0.2, 0.25) is 0 Å². The van der Waals surface area contributed by atoms with Crippen LogP contribution in [0.25, 0.3) is 0 Å². The first-order chi connectivity index (χ1) is 18.9. The molecule has 0 saturated heterocycles. The highest BCUT2D eigenvalue weighted by Gasteiger charge is 2.48. The van der Waals surface area contributed by atoms with E-state index in [1.165, 1.54) is 0 Å². The maximum atomic E-state index is 13.9. The second kappa shape index (κ2) is 11.0. The van der Waals surface area contributed by atoms with E-state index >= 15 is 0 Å². The molecule has 5 nitrogen and oxygen atoms in total. The molecule has 2 aromatic carbocycles. The maximum Gasteiger partial charge on any atom is 0.162 e. The number of rotatable bonds is 7. The van der Waals surface area contributed by atoms with Crippen molar-refractivity contribution in [2.24, 2.45) is 10.8 Å². The maximum absolute atomic E-state index is 13.9. The van der Waals surface area contributed by atoms with E-state index in [2.05, 4.69) is 32.6 Å². The molecule has 0 aromatic heterocycles. The zero-order valence-corrected chi connectivity index (χ0v) is 25.4. The number of Topliss-reactive ketones (excluding diaryl/α,β-unsaturated/α-hetero) is 2. The summed E-state index contributed by atoms with van der Waals surface area (Å²) in [6.07, 6.45) is 2.39. The topological polar surface area (TPSA) is 55.8 Å². The van der Waals surface area contributed by atoms with Crippen molar-refractivity contribution in [3.8, 4) is 5.75 Å². The molecule has 7 heteroatoms. The van der Waals surface area contributed by atoms with Gasteiger partial charge in [-0.15, -0.1) is 0 Å². The minimum Gasteiger partial charge on any atom is -0.487 e. The Kier molecular flexibility index (Phi) is 7.95. The van der Waals surface area contributed by atoms with Crippen molar-refractivity contribution in [2.45, 2.75) is 65.9 Å². The molecule has 3 aliphatic rings. The third-order valence-electron chi connectivity index (χ3n) is 8.17. The van der Waals surface area contributed by atoms with Gasteiger partial charge in [-0.2, -0.15) is 0 Å². The second-order valence-electron chi connectivity index (χ2n) is 12.8. The Labute approximate surface area is 247 Å². The van der Waals surface area contributed by atoms with E-state index in [0.717, 1.165) is 46.5 Å². The van der Waals surface area contributed by atoms with Crippen LogP contribution in [0.5, 0.6) is 5.75 Å². The molecule has 0 fully saturated rings. The van der Waals surface area contributed by atoms with E-state index in [4.69, 9.17) is 32.7 Å². The van der Waals surface area contributed by atoms with Crippen molar-refractivity contribution in [3.63, 3.8) is 0 Å². The Bertz CT molecular complexity index is 1370. The van der Waals surface area contributed by atoms with Gasteiger partial charge in [0, 0.05) is 65.5 Å². The number of ketones is 2. The van der Waals surface area contributed by atoms with Gasteiger partial charge in [0.15, 0.2) is 11.6 Å². The van der Waals surface area contributed by atoms with Gasteiger partial charge < -0.3 is 14.4 Å². The van der Waals surface area contributed by atoms with Gasteiger partial charge in [0.1, 0.15) is 12.4 Å². The molecular formula is C33H37Cl2NO4. The number of hydrogen-bond acceptors (Lipinski definition) is 5. The molecule has 0 amide bonds. The van der Waals surface area contributed by atoms with Crippen LogP contribution in [0.2, 0.25) is 10.0 Å². The third kappa shape index (κ3) is 5.61. The zero-order valence-electron chi connectivity index (χ0n) is 23.9. The monoisotopic (exact) mass is 581 g/mol. The average molecular weight is 583 g/mol. The lowest BCUT2D eigenvalue weighted by Gasteiger charge is -2.49. The van der Waals surface area contributed by atoms with Gasteiger partial charge in [-0.25, -0.2) is 0 Å². The van der Waals surface area contributed by atoms with Crippen LogP contribution >= 0.6 is 23.2 Å². The number of nitrogens with zero attached hydrogens (tertiary/aromatic N) is 1. The first kappa shape index (κ1) is 28.9. The Balaban J connectivity index is 1.60. The van der Waals surface area contributed by atoms with E-state index < -0.39 is 5.92 Å². The molecule has 2 aliphatic carbocycles. The van der Waals surface area contributed by atoms with Crippen molar-refractivity contribution in [1.82, 2.24) is 4.90 Å². The van der Waals surface area contributed by atoms with Crippen LogP contribution in [-0.2, 0) is 20.9 Å². The summed E-state index contributed by atoms with van der Waals surface area (Å²) in [5.41, 5.74) is 4.83. The summed E-state index contributed by atoms with van der Waals surface area (Å²) in [6.45, 7) is 9.94. The molecule has 1 aliphatic heterocycles. The van der Waals surface area contributed by atoms with Crippen LogP contribution < -0.4 is 4.74 Å².